The minimum absolute atomic E-state index is 0.441. The van der Waals surface area contributed by atoms with Crippen molar-refractivity contribution < 1.29 is 0 Å². The maximum absolute atomic E-state index is 5.89. The van der Waals surface area contributed by atoms with Crippen LogP contribution in [0.3, 0.4) is 0 Å². The quantitative estimate of drug-likeness (QED) is 0.548. The zero-order valence-corrected chi connectivity index (χ0v) is 15.0. The van der Waals surface area contributed by atoms with Crippen LogP contribution in [0.2, 0.25) is 0 Å². The van der Waals surface area contributed by atoms with Crippen LogP contribution in [-0.4, -0.2) is 10.7 Å². The van der Waals surface area contributed by atoms with E-state index >= 15 is 0 Å². The van der Waals surface area contributed by atoms with Gasteiger partial charge in [-0.05, 0) is 39.9 Å². The predicted octanol–water partition coefficient (Wildman–Crippen LogP) is 4.87. The summed E-state index contributed by atoms with van der Waals surface area (Å²) >= 11 is 12.1. The van der Waals surface area contributed by atoms with Gasteiger partial charge in [0.25, 0.3) is 0 Å². The van der Waals surface area contributed by atoms with Crippen LogP contribution in [0.25, 0.3) is 0 Å². The van der Waals surface area contributed by atoms with Crippen LogP contribution in [0.5, 0.6) is 0 Å². The number of thioether (sulfide) groups is 1. The van der Waals surface area contributed by atoms with Crippen molar-refractivity contribution in [3.63, 3.8) is 0 Å². The van der Waals surface area contributed by atoms with E-state index in [1.807, 2.05) is 12.1 Å². The second-order valence-corrected chi connectivity index (χ2v) is 7.72. The number of hydrogen-bond acceptors (Lipinski definition) is 4. The van der Waals surface area contributed by atoms with Gasteiger partial charge in [-0.1, -0.05) is 25.2 Å². The number of thiocarbonyl (C=S) groups is 1. The first kappa shape index (κ1) is 15.8. The van der Waals surface area contributed by atoms with Crippen LogP contribution in [0.15, 0.2) is 39.0 Å². The Morgan fingerprint density at radius 3 is 2.90 bits per heavy atom. The number of halogens is 1. The molecule has 0 fully saturated rings. The van der Waals surface area contributed by atoms with Gasteiger partial charge in [0.1, 0.15) is 4.99 Å². The highest BCUT2D eigenvalue weighted by Crippen LogP contribution is 2.29. The third kappa shape index (κ3) is 3.97. The molecule has 0 aliphatic heterocycles. The number of anilines is 1. The molecule has 0 spiro atoms. The topological polar surface area (TPSA) is 38.0 Å². The SMILES string of the molecule is CCSc1cccc(NCc2cc(Br)cs2)c1C(N)=S. The molecule has 0 bridgehead atoms. The minimum Gasteiger partial charge on any atom is -0.389 e. The van der Waals surface area contributed by atoms with Crippen LogP contribution in [-0.2, 0) is 6.54 Å². The third-order valence-corrected chi connectivity index (χ3v) is 5.49. The summed E-state index contributed by atoms with van der Waals surface area (Å²) < 4.78 is 1.11. The van der Waals surface area contributed by atoms with E-state index in [4.69, 9.17) is 18.0 Å². The number of nitrogens with two attached hydrogens (primary N) is 1. The van der Waals surface area contributed by atoms with Crippen molar-refractivity contribution in [2.24, 2.45) is 5.73 Å². The second-order valence-electron chi connectivity index (χ2n) is 4.06. The minimum atomic E-state index is 0.441. The lowest BCUT2D eigenvalue weighted by atomic mass is 10.1. The third-order valence-electron chi connectivity index (χ3n) is 2.65. The van der Waals surface area contributed by atoms with Gasteiger partial charge in [-0.25, -0.2) is 0 Å². The van der Waals surface area contributed by atoms with Crippen LogP contribution in [0, 0.1) is 0 Å². The first-order chi connectivity index (χ1) is 9.61. The Kier molecular flexibility index (Phi) is 5.89. The van der Waals surface area contributed by atoms with Crippen molar-refractivity contribution in [2.45, 2.75) is 18.4 Å². The molecule has 1 heterocycles. The molecule has 1 aromatic heterocycles. The van der Waals surface area contributed by atoms with Crippen molar-refractivity contribution in [2.75, 3.05) is 11.1 Å². The average molecular weight is 387 g/mol. The maximum Gasteiger partial charge on any atom is 0.107 e. The Balaban J connectivity index is 2.22. The van der Waals surface area contributed by atoms with E-state index in [0.717, 1.165) is 32.9 Å². The van der Waals surface area contributed by atoms with Gasteiger partial charge < -0.3 is 11.1 Å². The Morgan fingerprint density at radius 1 is 1.50 bits per heavy atom. The standard InChI is InChI=1S/C14H15BrN2S3/c1-2-19-12-5-3-4-11(13(12)14(16)18)17-7-10-6-9(15)8-20-10/h3-6,8,17H,2,7H2,1H3,(H2,16,18). The molecule has 0 aliphatic carbocycles. The number of hydrogen-bond donors (Lipinski definition) is 2. The van der Waals surface area contributed by atoms with Crippen molar-refractivity contribution >= 4 is 61.9 Å². The molecular formula is C14H15BrN2S3. The molecule has 0 amide bonds. The van der Waals surface area contributed by atoms with E-state index in [9.17, 15) is 0 Å². The summed E-state index contributed by atoms with van der Waals surface area (Å²) in [6, 6.07) is 8.24. The molecule has 20 heavy (non-hydrogen) atoms. The Bertz CT molecular complexity index is 610. The van der Waals surface area contributed by atoms with Gasteiger partial charge in [-0.3, -0.25) is 0 Å². The lowest BCUT2D eigenvalue weighted by Gasteiger charge is -2.14. The van der Waals surface area contributed by atoms with Gasteiger partial charge in [0, 0.05) is 37.4 Å². The fourth-order valence-electron chi connectivity index (χ4n) is 1.84. The molecule has 0 atom stereocenters. The molecule has 0 unspecified atom stereocenters. The Labute approximate surface area is 141 Å². The zero-order valence-electron chi connectivity index (χ0n) is 11.0. The molecule has 106 valence electrons. The summed E-state index contributed by atoms with van der Waals surface area (Å²) in [5.41, 5.74) is 7.84. The molecule has 6 heteroatoms. The number of rotatable bonds is 6. The molecule has 1 aromatic carbocycles. The summed E-state index contributed by atoms with van der Waals surface area (Å²) in [5, 5.41) is 5.51. The number of nitrogens with one attached hydrogen (secondary N) is 1. The van der Waals surface area contributed by atoms with E-state index in [0.29, 0.717) is 4.99 Å². The summed E-state index contributed by atoms with van der Waals surface area (Å²) in [6.07, 6.45) is 0. The van der Waals surface area contributed by atoms with Gasteiger partial charge in [0.05, 0.1) is 0 Å². The van der Waals surface area contributed by atoms with Crippen molar-refractivity contribution in [1.82, 2.24) is 0 Å². The van der Waals surface area contributed by atoms with Crippen LogP contribution in [0.1, 0.15) is 17.4 Å². The van der Waals surface area contributed by atoms with Gasteiger partial charge in [-0.2, -0.15) is 0 Å². The normalized spacial score (nSPS) is 10.5. The molecule has 3 N–H and O–H groups in total. The van der Waals surface area contributed by atoms with E-state index in [1.165, 1.54) is 4.88 Å². The van der Waals surface area contributed by atoms with Crippen molar-refractivity contribution in [3.8, 4) is 0 Å². The molecule has 0 aliphatic rings. The number of thiophene rings is 1. The van der Waals surface area contributed by atoms with Crippen LogP contribution in [0.4, 0.5) is 5.69 Å². The second kappa shape index (κ2) is 7.45. The van der Waals surface area contributed by atoms with E-state index in [-0.39, 0.29) is 0 Å². The van der Waals surface area contributed by atoms with E-state index < -0.39 is 0 Å². The molecule has 2 aromatic rings. The fourth-order valence-corrected chi connectivity index (χ4v) is 4.36. The summed E-state index contributed by atoms with van der Waals surface area (Å²) in [7, 11) is 0. The first-order valence-corrected chi connectivity index (χ1v) is 9.21. The Morgan fingerprint density at radius 2 is 2.30 bits per heavy atom. The molecule has 0 saturated carbocycles. The molecule has 2 nitrogen and oxygen atoms in total. The van der Waals surface area contributed by atoms with Gasteiger partial charge in [0.2, 0.25) is 0 Å². The smallest absolute Gasteiger partial charge is 0.107 e. The lowest BCUT2D eigenvalue weighted by Crippen LogP contribution is -2.14. The fraction of sp³-hybridized carbons (Fsp3) is 0.214. The summed E-state index contributed by atoms with van der Waals surface area (Å²) in [6.45, 7) is 2.89. The maximum atomic E-state index is 5.89. The molecule has 0 radical (unpaired) electrons. The highest BCUT2D eigenvalue weighted by atomic mass is 79.9. The van der Waals surface area contributed by atoms with Gasteiger partial charge in [0.15, 0.2) is 0 Å². The largest absolute Gasteiger partial charge is 0.389 e. The predicted molar refractivity (Wildman–Crippen MR) is 98.1 cm³/mol. The van der Waals surface area contributed by atoms with Crippen LogP contribution < -0.4 is 11.1 Å². The first-order valence-electron chi connectivity index (χ1n) is 6.14. The molecular weight excluding hydrogens is 372 g/mol. The highest BCUT2D eigenvalue weighted by molar-refractivity contribution is 9.10. The van der Waals surface area contributed by atoms with Crippen molar-refractivity contribution in [3.05, 3.63) is 44.6 Å². The zero-order chi connectivity index (χ0) is 14.5. The van der Waals surface area contributed by atoms with Gasteiger partial charge in [-0.15, -0.1) is 23.1 Å². The molecule has 2 rings (SSSR count). The molecule has 0 saturated heterocycles. The average Bonchev–Trinajstić information content (AvgIpc) is 2.82. The number of benzene rings is 1. The van der Waals surface area contributed by atoms with Crippen LogP contribution >= 0.6 is 51.2 Å². The monoisotopic (exact) mass is 386 g/mol. The highest BCUT2D eigenvalue weighted by Gasteiger charge is 2.11. The van der Waals surface area contributed by atoms with E-state index in [2.05, 4.69) is 45.7 Å². The lowest BCUT2D eigenvalue weighted by molar-refractivity contribution is 1.18. The Hall–Kier alpha value is -0.560. The summed E-state index contributed by atoms with van der Waals surface area (Å²) in [5.74, 6) is 0.997. The summed E-state index contributed by atoms with van der Waals surface area (Å²) in [4.78, 5) is 2.84. The van der Waals surface area contributed by atoms with Crippen molar-refractivity contribution in [1.29, 1.82) is 0 Å². The van der Waals surface area contributed by atoms with E-state index in [1.54, 1.807) is 23.1 Å². The van der Waals surface area contributed by atoms with Gasteiger partial charge >= 0.3 is 0 Å².